The van der Waals surface area contributed by atoms with Gasteiger partial charge in [0.05, 0.1) is 17.8 Å². The molecule has 54 heavy (non-hydrogen) atoms. The molecule has 0 saturated carbocycles. The number of fused-ring (bicyclic) bond motifs is 9. The summed E-state index contributed by atoms with van der Waals surface area (Å²) in [7, 11) is 0. The molecule has 3 heteroatoms. The summed E-state index contributed by atoms with van der Waals surface area (Å²) in [5.74, 6) is 0.944. The molecule has 0 fully saturated rings. The van der Waals surface area contributed by atoms with Crippen molar-refractivity contribution in [2.75, 3.05) is 4.90 Å². The van der Waals surface area contributed by atoms with Crippen molar-refractivity contribution in [3.8, 4) is 22.3 Å². The molecule has 10 aromatic rings. The fourth-order valence-corrected chi connectivity index (χ4v) is 8.41. The van der Waals surface area contributed by atoms with E-state index in [1.807, 2.05) is 6.07 Å². The number of benzene rings is 9. The van der Waals surface area contributed by atoms with Crippen LogP contribution in [0.2, 0.25) is 0 Å². The van der Waals surface area contributed by atoms with Gasteiger partial charge in [-0.25, -0.2) is 0 Å². The monoisotopic (exact) mass is 690 g/mol. The maximum absolute atomic E-state index is 6.39. The van der Waals surface area contributed by atoms with Crippen molar-refractivity contribution in [3.05, 3.63) is 200 Å². The van der Waals surface area contributed by atoms with Crippen LogP contribution in [0.1, 0.15) is 11.3 Å². The summed E-state index contributed by atoms with van der Waals surface area (Å²) in [6.45, 7) is 0.647. The molecular formula is C51H34N2O. The summed E-state index contributed by atoms with van der Waals surface area (Å²) in [6.07, 6.45) is 2.13. The summed E-state index contributed by atoms with van der Waals surface area (Å²) < 4.78 is 6.39. The van der Waals surface area contributed by atoms with Crippen LogP contribution in [0.25, 0.3) is 82.0 Å². The van der Waals surface area contributed by atoms with Crippen LogP contribution < -0.4 is 10.2 Å². The van der Waals surface area contributed by atoms with Gasteiger partial charge in [-0.05, 0) is 108 Å². The van der Waals surface area contributed by atoms with Gasteiger partial charge >= 0.3 is 0 Å². The lowest BCUT2D eigenvalue weighted by Gasteiger charge is -2.30. The van der Waals surface area contributed by atoms with E-state index < -0.39 is 0 Å². The second kappa shape index (κ2) is 12.3. The van der Waals surface area contributed by atoms with Crippen LogP contribution in [0.5, 0.6) is 0 Å². The zero-order chi connectivity index (χ0) is 35.6. The lowest BCUT2D eigenvalue weighted by Crippen LogP contribution is -2.22. The molecule has 0 aliphatic carbocycles. The Hall–Kier alpha value is -7.10. The molecule has 0 unspecified atom stereocenters. The summed E-state index contributed by atoms with van der Waals surface area (Å²) in [4.78, 5) is 2.35. The molecule has 11 rings (SSSR count). The maximum Gasteiger partial charge on any atom is 0.135 e. The first kappa shape index (κ1) is 30.5. The minimum Gasteiger partial charge on any atom is -0.458 e. The number of nitrogens with one attached hydrogen (secondary N) is 1. The van der Waals surface area contributed by atoms with Crippen molar-refractivity contribution in [1.82, 2.24) is 5.32 Å². The normalized spacial score (nSPS) is 12.6. The number of hydrogen-bond acceptors (Lipinski definition) is 3. The molecule has 1 N–H and O–H groups in total. The van der Waals surface area contributed by atoms with Gasteiger partial charge in [-0.1, -0.05) is 140 Å². The van der Waals surface area contributed by atoms with Gasteiger partial charge in [0, 0.05) is 23.0 Å². The zero-order valence-electron chi connectivity index (χ0n) is 29.5. The van der Waals surface area contributed by atoms with Crippen molar-refractivity contribution in [2.24, 2.45) is 0 Å². The van der Waals surface area contributed by atoms with E-state index in [4.69, 9.17) is 4.42 Å². The van der Waals surface area contributed by atoms with E-state index in [1.165, 1.54) is 65.3 Å². The highest BCUT2D eigenvalue weighted by molar-refractivity contribution is 6.09. The van der Waals surface area contributed by atoms with Crippen LogP contribution in [0.3, 0.4) is 0 Å². The molecular weight excluding hydrogens is 657 g/mol. The van der Waals surface area contributed by atoms with Gasteiger partial charge in [0.2, 0.25) is 0 Å². The average molecular weight is 691 g/mol. The Morgan fingerprint density at radius 2 is 0.870 bits per heavy atom. The Bertz CT molecular complexity index is 2940. The quantitative estimate of drug-likeness (QED) is 0.182. The van der Waals surface area contributed by atoms with Crippen molar-refractivity contribution >= 4 is 71.1 Å². The highest BCUT2D eigenvalue weighted by Gasteiger charge is 2.27. The Kier molecular flexibility index (Phi) is 6.93. The SMILES string of the molecule is C1=C(N(c2ccc(-c3ccc4c(ccc5ccccc54)c3)cc2)c2ccc(-c3ccc4c(ccc5ccccc54)c3)cc2)c2c(oc3ccccc23)CN1. The molecule has 1 aliphatic rings. The van der Waals surface area contributed by atoms with Gasteiger partial charge in [-0.3, -0.25) is 0 Å². The van der Waals surface area contributed by atoms with Crippen molar-refractivity contribution in [3.63, 3.8) is 0 Å². The number of nitrogens with zero attached hydrogens (tertiary/aromatic N) is 1. The van der Waals surface area contributed by atoms with Gasteiger partial charge in [-0.2, -0.15) is 0 Å². The van der Waals surface area contributed by atoms with Crippen LogP contribution in [0.4, 0.5) is 11.4 Å². The minimum atomic E-state index is 0.647. The van der Waals surface area contributed by atoms with Gasteiger partial charge in [-0.15, -0.1) is 0 Å². The zero-order valence-corrected chi connectivity index (χ0v) is 29.5. The van der Waals surface area contributed by atoms with Crippen LogP contribution in [0.15, 0.2) is 193 Å². The molecule has 1 aromatic heterocycles. The fourth-order valence-electron chi connectivity index (χ4n) is 8.41. The van der Waals surface area contributed by atoms with Crippen LogP contribution in [0, 0.1) is 0 Å². The second-order valence-corrected chi connectivity index (χ2v) is 14.2. The third kappa shape index (κ3) is 4.97. The standard InChI is InChI=1S/C51H34N2O/c1-3-9-43-35(7-1)13-15-39-29-37(21-27-45(39)43)33-17-23-41(24-18-33)53(48-31-52-32-50-51(48)47-11-5-6-12-49(47)54-50)42-25-19-34(20-26-42)38-22-28-46-40(30-38)16-14-36-8-2-4-10-44(36)46/h1-31,52H,32H2. The molecule has 0 amide bonds. The first-order chi connectivity index (χ1) is 26.7. The molecule has 0 saturated heterocycles. The summed E-state index contributed by atoms with van der Waals surface area (Å²) in [5, 5.41) is 14.8. The van der Waals surface area contributed by atoms with E-state index >= 15 is 0 Å². The van der Waals surface area contributed by atoms with Crippen LogP contribution in [-0.4, -0.2) is 0 Å². The number of furan rings is 1. The third-order valence-electron chi connectivity index (χ3n) is 11.1. The van der Waals surface area contributed by atoms with E-state index in [0.29, 0.717) is 6.54 Å². The number of rotatable bonds is 5. The largest absolute Gasteiger partial charge is 0.458 e. The van der Waals surface area contributed by atoms with Crippen LogP contribution in [-0.2, 0) is 6.54 Å². The van der Waals surface area contributed by atoms with Crippen molar-refractivity contribution < 1.29 is 4.42 Å². The van der Waals surface area contributed by atoms with E-state index in [2.05, 4.69) is 192 Å². The minimum absolute atomic E-state index is 0.647. The van der Waals surface area contributed by atoms with Gasteiger partial charge in [0.1, 0.15) is 11.3 Å². The highest BCUT2D eigenvalue weighted by atomic mass is 16.3. The predicted molar refractivity (Wildman–Crippen MR) is 227 cm³/mol. The van der Waals surface area contributed by atoms with Gasteiger partial charge < -0.3 is 14.6 Å². The Balaban J connectivity index is 0.996. The van der Waals surface area contributed by atoms with E-state index in [0.717, 1.165) is 39.4 Å². The second-order valence-electron chi connectivity index (χ2n) is 14.2. The Morgan fingerprint density at radius 3 is 1.44 bits per heavy atom. The maximum atomic E-state index is 6.39. The molecule has 0 bridgehead atoms. The van der Waals surface area contributed by atoms with Crippen molar-refractivity contribution in [1.29, 1.82) is 0 Å². The molecule has 1 aliphatic heterocycles. The highest BCUT2D eigenvalue weighted by Crippen LogP contribution is 2.42. The lowest BCUT2D eigenvalue weighted by atomic mass is 9.96. The third-order valence-corrected chi connectivity index (χ3v) is 11.1. The molecule has 2 heterocycles. The molecule has 0 atom stereocenters. The first-order valence-electron chi connectivity index (χ1n) is 18.5. The summed E-state index contributed by atoms with van der Waals surface area (Å²) >= 11 is 0. The predicted octanol–water partition coefficient (Wildman–Crippen LogP) is 13.6. The van der Waals surface area contributed by atoms with E-state index in [-0.39, 0.29) is 0 Å². The number of hydrogen-bond donors (Lipinski definition) is 1. The molecule has 3 nitrogen and oxygen atoms in total. The van der Waals surface area contributed by atoms with E-state index in [9.17, 15) is 0 Å². The Morgan fingerprint density at radius 1 is 0.407 bits per heavy atom. The van der Waals surface area contributed by atoms with Gasteiger partial charge in [0.15, 0.2) is 0 Å². The van der Waals surface area contributed by atoms with Gasteiger partial charge in [0.25, 0.3) is 0 Å². The lowest BCUT2D eigenvalue weighted by molar-refractivity contribution is 0.531. The first-order valence-corrected chi connectivity index (χ1v) is 18.5. The molecule has 0 radical (unpaired) electrons. The fraction of sp³-hybridized carbons (Fsp3) is 0.0196. The number of anilines is 2. The topological polar surface area (TPSA) is 28.4 Å². The summed E-state index contributed by atoms with van der Waals surface area (Å²) in [6, 6.07) is 66.0. The molecule has 254 valence electrons. The van der Waals surface area contributed by atoms with Crippen LogP contribution >= 0.6 is 0 Å². The average Bonchev–Trinajstić information content (AvgIpc) is 3.63. The smallest absolute Gasteiger partial charge is 0.135 e. The number of para-hydroxylation sites is 1. The molecule has 0 spiro atoms. The van der Waals surface area contributed by atoms with E-state index in [1.54, 1.807) is 0 Å². The summed E-state index contributed by atoms with van der Waals surface area (Å²) in [5.41, 5.74) is 9.98. The Labute approximate surface area is 313 Å². The molecule has 9 aromatic carbocycles. The van der Waals surface area contributed by atoms with Crippen molar-refractivity contribution in [2.45, 2.75) is 6.54 Å².